The van der Waals surface area contributed by atoms with Crippen LogP contribution in [-0.4, -0.2) is 25.0 Å². The highest BCUT2D eigenvalue weighted by Gasteiger charge is 2.44. The first-order chi connectivity index (χ1) is 10.6. The minimum absolute atomic E-state index is 0.124. The lowest BCUT2D eigenvalue weighted by Crippen LogP contribution is -2.37. The summed E-state index contributed by atoms with van der Waals surface area (Å²) < 4.78 is 5.22. The molecule has 116 valence electrons. The third kappa shape index (κ3) is 3.61. The molecule has 1 aliphatic rings. The molecule has 0 unspecified atom stereocenters. The number of benzene rings is 1. The molecule has 0 bridgehead atoms. The summed E-state index contributed by atoms with van der Waals surface area (Å²) in [4.78, 5) is 24.1. The number of amides is 1. The van der Waals surface area contributed by atoms with Crippen LogP contribution < -0.4 is 5.32 Å². The fourth-order valence-electron chi connectivity index (χ4n) is 2.83. The van der Waals surface area contributed by atoms with Gasteiger partial charge in [-0.3, -0.25) is 9.59 Å². The highest BCUT2D eigenvalue weighted by atomic mass is 35.5. The number of carbonyl (C=O) groups is 2. The highest BCUT2D eigenvalue weighted by Crippen LogP contribution is 2.42. The molecule has 22 heavy (non-hydrogen) atoms. The van der Waals surface area contributed by atoms with Gasteiger partial charge in [-0.2, -0.15) is 0 Å². The molecule has 0 saturated heterocycles. The second-order valence-electron chi connectivity index (χ2n) is 5.35. The molecule has 1 saturated carbocycles. The Hall–Kier alpha value is -1.99. The molecular weight excluding hydrogens is 302 g/mol. The average Bonchev–Trinajstić information content (AvgIpc) is 3.02. The van der Waals surface area contributed by atoms with Gasteiger partial charge < -0.3 is 10.1 Å². The van der Waals surface area contributed by atoms with Crippen molar-refractivity contribution in [2.75, 3.05) is 13.2 Å². The number of terminal acetylenes is 1. The summed E-state index contributed by atoms with van der Waals surface area (Å²) in [5.41, 5.74) is 0.222. The zero-order valence-electron chi connectivity index (χ0n) is 12.2. The van der Waals surface area contributed by atoms with Crippen molar-refractivity contribution >= 4 is 23.5 Å². The van der Waals surface area contributed by atoms with E-state index in [1.165, 1.54) is 0 Å². The van der Waals surface area contributed by atoms with E-state index in [1.54, 1.807) is 12.1 Å². The lowest BCUT2D eigenvalue weighted by atomic mass is 9.79. The van der Waals surface area contributed by atoms with Crippen LogP contribution in [0.25, 0.3) is 0 Å². The Morgan fingerprint density at radius 1 is 1.27 bits per heavy atom. The van der Waals surface area contributed by atoms with Crippen LogP contribution in [0, 0.1) is 12.3 Å². The van der Waals surface area contributed by atoms with E-state index in [4.69, 9.17) is 22.8 Å². The van der Waals surface area contributed by atoms with Gasteiger partial charge in [0, 0.05) is 5.02 Å². The van der Waals surface area contributed by atoms with Gasteiger partial charge >= 0.3 is 5.97 Å². The van der Waals surface area contributed by atoms with E-state index >= 15 is 0 Å². The van der Waals surface area contributed by atoms with Crippen molar-refractivity contribution in [1.29, 1.82) is 0 Å². The van der Waals surface area contributed by atoms with E-state index in [0.29, 0.717) is 5.02 Å². The maximum Gasteiger partial charge on any atom is 0.317 e. The van der Waals surface area contributed by atoms with Gasteiger partial charge in [-0.25, -0.2) is 0 Å². The fourth-order valence-corrected chi connectivity index (χ4v) is 2.95. The largest absolute Gasteiger partial charge is 0.455 e. The topological polar surface area (TPSA) is 55.4 Å². The normalized spacial score (nSPS) is 15.8. The van der Waals surface area contributed by atoms with Gasteiger partial charge in [-0.1, -0.05) is 42.5 Å². The lowest BCUT2D eigenvalue weighted by Gasteiger charge is -2.27. The second-order valence-corrected chi connectivity index (χ2v) is 5.79. The number of ether oxygens (including phenoxy) is 1. The van der Waals surface area contributed by atoms with Crippen LogP contribution in [0.1, 0.15) is 31.2 Å². The maximum atomic E-state index is 12.6. The first kappa shape index (κ1) is 16.4. The number of carbonyl (C=O) groups excluding carboxylic acids is 2. The molecule has 0 atom stereocenters. The monoisotopic (exact) mass is 319 g/mol. The number of hydrogen-bond donors (Lipinski definition) is 1. The molecule has 1 aromatic carbocycles. The summed E-state index contributed by atoms with van der Waals surface area (Å²) in [6.07, 6.45) is 8.42. The van der Waals surface area contributed by atoms with Crippen molar-refractivity contribution in [1.82, 2.24) is 5.32 Å². The lowest BCUT2D eigenvalue weighted by molar-refractivity contribution is -0.154. The number of esters is 1. The predicted octanol–water partition coefficient (Wildman–Crippen LogP) is 2.44. The quantitative estimate of drug-likeness (QED) is 0.670. The third-order valence-electron chi connectivity index (χ3n) is 3.97. The number of halogens is 1. The summed E-state index contributed by atoms with van der Waals surface area (Å²) in [6, 6.07) is 7.24. The van der Waals surface area contributed by atoms with Crippen LogP contribution in [0.3, 0.4) is 0 Å². The Bertz CT molecular complexity index is 583. The fraction of sp³-hybridized carbons (Fsp3) is 0.412. The van der Waals surface area contributed by atoms with Gasteiger partial charge in [-0.05, 0) is 30.5 Å². The minimum atomic E-state index is -0.670. The SMILES string of the molecule is C#CCNC(=O)COC(=O)C1(c2ccc(Cl)cc2)CCCC1. The van der Waals surface area contributed by atoms with Crippen molar-refractivity contribution in [2.45, 2.75) is 31.1 Å². The molecule has 0 heterocycles. The molecule has 1 amide bonds. The number of nitrogens with one attached hydrogen (secondary N) is 1. The molecule has 0 aromatic heterocycles. The van der Waals surface area contributed by atoms with Crippen LogP contribution in [0.5, 0.6) is 0 Å². The second kappa shape index (κ2) is 7.33. The van der Waals surface area contributed by atoms with Crippen molar-refractivity contribution in [2.24, 2.45) is 0 Å². The van der Waals surface area contributed by atoms with E-state index in [1.807, 2.05) is 12.1 Å². The van der Waals surface area contributed by atoms with Gasteiger partial charge in [0.25, 0.3) is 5.91 Å². The molecule has 1 N–H and O–H groups in total. The Labute approximate surface area is 135 Å². The van der Waals surface area contributed by atoms with E-state index in [-0.39, 0.29) is 19.1 Å². The first-order valence-corrected chi connectivity index (χ1v) is 7.60. The van der Waals surface area contributed by atoms with Crippen molar-refractivity contribution in [3.8, 4) is 12.3 Å². The first-order valence-electron chi connectivity index (χ1n) is 7.22. The average molecular weight is 320 g/mol. The van der Waals surface area contributed by atoms with Gasteiger partial charge in [-0.15, -0.1) is 6.42 Å². The van der Waals surface area contributed by atoms with E-state index in [9.17, 15) is 9.59 Å². The standard InChI is InChI=1S/C17H18ClNO3/c1-2-11-19-15(20)12-22-16(21)17(9-3-4-10-17)13-5-7-14(18)8-6-13/h1,5-8H,3-4,9-12H2,(H,19,20). The van der Waals surface area contributed by atoms with Gasteiger partial charge in [0.2, 0.25) is 0 Å². The molecule has 1 aliphatic carbocycles. The molecule has 0 radical (unpaired) electrons. The highest BCUT2D eigenvalue weighted by molar-refractivity contribution is 6.30. The summed E-state index contributed by atoms with van der Waals surface area (Å²) >= 11 is 5.91. The molecule has 5 heteroatoms. The van der Waals surface area contributed by atoms with E-state index in [0.717, 1.165) is 31.2 Å². The molecular formula is C17H18ClNO3. The van der Waals surface area contributed by atoms with Gasteiger partial charge in [0.05, 0.1) is 12.0 Å². The van der Waals surface area contributed by atoms with Crippen molar-refractivity contribution in [3.63, 3.8) is 0 Å². The van der Waals surface area contributed by atoms with E-state index < -0.39 is 11.3 Å². The van der Waals surface area contributed by atoms with Crippen molar-refractivity contribution < 1.29 is 14.3 Å². The summed E-state index contributed by atoms with van der Waals surface area (Å²) in [6.45, 7) is -0.186. The Balaban J connectivity index is 2.07. The zero-order valence-corrected chi connectivity index (χ0v) is 13.0. The van der Waals surface area contributed by atoms with Crippen LogP contribution in [-0.2, 0) is 19.7 Å². The number of rotatable bonds is 5. The molecule has 1 fully saturated rings. The Morgan fingerprint density at radius 2 is 1.91 bits per heavy atom. The molecule has 0 aliphatic heterocycles. The number of hydrogen-bond acceptors (Lipinski definition) is 3. The summed E-state index contributed by atoms with van der Waals surface area (Å²) in [5.74, 6) is 1.54. The molecule has 2 rings (SSSR count). The van der Waals surface area contributed by atoms with Crippen molar-refractivity contribution in [3.05, 3.63) is 34.9 Å². The van der Waals surface area contributed by atoms with Crippen LogP contribution >= 0.6 is 11.6 Å². The Morgan fingerprint density at radius 3 is 2.50 bits per heavy atom. The maximum absolute atomic E-state index is 12.6. The minimum Gasteiger partial charge on any atom is -0.455 e. The van der Waals surface area contributed by atoms with E-state index in [2.05, 4.69) is 11.2 Å². The predicted molar refractivity (Wildman–Crippen MR) is 84.4 cm³/mol. The van der Waals surface area contributed by atoms with Gasteiger partial charge in [0.15, 0.2) is 6.61 Å². The molecule has 0 spiro atoms. The molecule has 4 nitrogen and oxygen atoms in total. The smallest absolute Gasteiger partial charge is 0.317 e. The van der Waals surface area contributed by atoms with Crippen LogP contribution in [0.2, 0.25) is 5.02 Å². The van der Waals surface area contributed by atoms with Gasteiger partial charge in [0.1, 0.15) is 0 Å². The summed E-state index contributed by atoms with van der Waals surface area (Å²) in [5, 5.41) is 3.09. The summed E-state index contributed by atoms with van der Waals surface area (Å²) in [7, 11) is 0. The van der Waals surface area contributed by atoms with Crippen LogP contribution in [0.4, 0.5) is 0 Å². The molecule has 1 aromatic rings. The van der Waals surface area contributed by atoms with Crippen LogP contribution in [0.15, 0.2) is 24.3 Å². The zero-order chi connectivity index (χ0) is 16.0. The third-order valence-corrected chi connectivity index (χ3v) is 4.22. The Kier molecular flexibility index (Phi) is 5.46.